The van der Waals surface area contributed by atoms with Crippen LogP contribution in [0.3, 0.4) is 0 Å². The van der Waals surface area contributed by atoms with E-state index in [0.29, 0.717) is 0 Å². The van der Waals surface area contributed by atoms with E-state index in [1.54, 1.807) is 0 Å². The normalized spacial score (nSPS) is 10.3. The number of hydrogen-bond acceptors (Lipinski definition) is 6. The van der Waals surface area contributed by atoms with E-state index in [-0.39, 0.29) is 51.7 Å². The van der Waals surface area contributed by atoms with Gasteiger partial charge in [0.05, 0.1) is 30.2 Å². The number of ether oxygens (including phenoxy) is 2. The Morgan fingerprint density at radius 3 is 1.68 bits per heavy atom. The fraction of sp³-hybridized carbons (Fsp3) is 0.200. The molecule has 1 N–H and O–H groups in total. The number of benzene rings is 1. The van der Waals surface area contributed by atoms with E-state index in [0.717, 1.165) is 32.4 Å². The van der Waals surface area contributed by atoms with E-state index in [1.807, 2.05) is 0 Å². The molecule has 19 heavy (non-hydrogen) atoms. The Kier molecular flexibility index (Phi) is 6.95. The Balaban J connectivity index is -0.00000108. The van der Waals surface area contributed by atoms with Gasteiger partial charge in [0.2, 0.25) is 0 Å². The van der Waals surface area contributed by atoms with Crippen molar-refractivity contribution in [3.8, 4) is 0 Å². The second-order valence-electron chi connectivity index (χ2n) is 3.20. The van der Waals surface area contributed by atoms with Crippen molar-refractivity contribution in [3.05, 3.63) is 29.3 Å². The van der Waals surface area contributed by atoms with Crippen molar-refractivity contribution in [1.82, 2.24) is 0 Å². The van der Waals surface area contributed by atoms with Crippen LogP contribution in [0.1, 0.15) is 23.6 Å². The molecule has 0 radical (unpaired) electrons. The maximum atomic E-state index is 11.3. The van der Waals surface area contributed by atoms with E-state index in [1.165, 1.54) is 0 Å². The van der Waals surface area contributed by atoms with Gasteiger partial charge in [-0.1, -0.05) is 0 Å². The van der Waals surface area contributed by atoms with Crippen molar-refractivity contribution in [3.63, 3.8) is 0 Å². The summed E-state index contributed by atoms with van der Waals surface area (Å²) in [6.07, 6.45) is 0. The van der Waals surface area contributed by atoms with Gasteiger partial charge in [0.25, 0.3) is 10.1 Å². The Morgan fingerprint density at radius 1 is 1.05 bits per heavy atom. The minimum absolute atomic E-state index is 0. The molecule has 0 aliphatic heterocycles. The van der Waals surface area contributed by atoms with Crippen LogP contribution in [0.15, 0.2) is 23.1 Å². The predicted molar refractivity (Wildman–Crippen MR) is 66.9 cm³/mol. The first-order valence-corrected chi connectivity index (χ1v) is 6.03. The van der Waals surface area contributed by atoms with E-state index < -0.39 is 27.0 Å². The molecule has 0 aliphatic carbocycles. The topological polar surface area (TPSA) is 107 Å². The third-order valence-corrected chi connectivity index (χ3v) is 2.88. The minimum atomic E-state index is -4.55. The zero-order valence-corrected chi connectivity index (χ0v) is 13.3. The summed E-state index contributed by atoms with van der Waals surface area (Å²) in [4.78, 5) is 22.0. The maximum Gasteiger partial charge on any atom is 2.00 e. The van der Waals surface area contributed by atoms with Gasteiger partial charge in [-0.25, -0.2) is 9.59 Å². The van der Waals surface area contributed by atoms with Gasteiger partial charge in [0.15, 0.2) is 0 Å². The number of carbonyl (C=O) groups is 2. The van der Waals surface area contributed by atoms with Gasteiger partial charge in [0.1, 0.15) is 0 Å². The van der Waals surface area contributed by atoms with Gasteiger partial charge >= 0.3 is 49.7 Å². The number of methoxy groups -OCH3 is 2. The molecule has 0 amide bonds. The second kappa shape index (κ2) is 7.20. The minimum Gasteiger partial charge on any atom is -1.00 e. The fourth-order valence-electron chi connectivity index (χ4n) is 1.22. The van der Waals surface area contributed by atoms with Crippen LogP contribution in [0.5, 0.6) is 0 Å². The molecule has 0 saturated heterocycles. The van der Waals surface area contributed by atoms with Crippen molar-refractivity contribution in [2.75, 3.05) is 14.2 Å². The summed E-state index contributed by atoms with van der Waals surface area (Å²) in [5.41, 5.74) is -0.374. The summed E-state index contributed by atoms with van der Waals surface area (Å²) >= 11 is 0. The van der Waals surface area contributed by atoms with E-state index in [2.05, 4.69) is 9.47 Å². The summed E-state index contributed by atoms with van der Waals surface area (Å²) in [5.74, 6) is -1.68. The van der Waals surface area contributed by atoms with Crippen molar-refractivity contribution in [2.24, 2.45) is 0 Å². The smallest absolute Gasteiger partial charge is 1.00 e. The zero-order chi connectivity index (χ0) is 13.9. The Labute approximate surface area is 142 Å². The van der Waals surface area contributed by atoms with Gasteiger partial charge in [0, 0.05) is 0 Å². The molecule has 1 aromatic carbocycles. The van der Waals surface area contributed by atoms with Crippen LogP contribution >= 0.6 is 0 Å². The molecule has 0 atom stereocenters. The Morgan fingerprint density at radius 2 is 1.42 bits per heavy atom. The zero-order valence-electron chi connectivity index (χ0n) is 12.2. The second-order valence-corrected chi connectivity index (χ2v) is 4.63. The molecule has 0 unspecified atom stereocenters. The Bertz CT molecular complexity index is 569. The summed E-state index contributed by atoms with van der Waals surface area (Å²) in [5, 5.41) is 0. The number of hydrogen-bond donors (Lipinski definition) is 1. The molecule has 0 heterocycles. The molecule has 0 aliphatic rings. The molecular formula is C10H12CaO7S. The first-order valence-electron chi connectivity index (χ1n) is 4.59. The van der Waals surface area contributed by atoms with Crippen LogP contribution in [0, 0.1) is 0 Å². The largest absolute Gasteiger partial charge is 2.00 e. The molecule has 0 spiro atoms. The van der Waals surface area contributed by atoms with Gasteiger partial charge in [-0.05, 0) is 18.2 Å². The molecule has 0 saturated carbocycles. The summed E-state index contributed by atoms with van der Waals surface area (Å²) in [6, 6.07) is 2.90. The third kappa shape index (κ3) is 4.73. The number of esters is 2. The average molecular weight is 316 g/mol. The molecular weight excluding hydrogens is 304 g/mol. The number of rotatable bonds is 3. The first-order chi connectivity index (χ1) is 8.29. The summed E-state index contributed by atoms with van der Waals surface area (Å²) in [7, 11) is -2.35. The van der Waals surface area contributed by atoms with Crippen molar-refractivity contribution < 1.29 is 34.9 Å². The standard InChI is InChI=1S/C10H10O7S.Ca.2H/c1-16-9(11)6-3-7(10(12)17-2)5-8(4-6)18(13,14)15;;;/h3-5H,1-2H3,(H,13,14,15);;;/q;+2;2*-1. The SMILES string of the molecule is COC(=O)c1cc(C(=O)OC)cc(S(=O)(=O)O)c1.[Ca+2].[H-].[H-]. The maximum absolute atomic E-state index is 11.3. The number of carbonyl (C=O) groups excluding carboxylic acids is 2. The average Bonchev–Trinajstić information content (AvgIpc) is 2.35. The predicted octanol–water partition coefficient (Wildman–Crippen LogP) is 0.351. The van der Waals surface area contributed by atoms with E-state index in [9.17, 15) is 18.0 Å². The first kappa shape index (κ1) is 18.3. The van der Waals surface area contributed by atoms with Crippen molar-refractivity contribution in [2.45, 2.75) is 4.90 Å². The van der Waals surface area contributed by atoms with Crippen LogP contribution < -0.4 is 0 Å². The van der Waals surface area contributed by atoms with Crippen LogP contribution in [0.4, 0.5) is 0 Å². The van der Waals surface area contributed by atoms with Crippen LogP contribution in [-0.4, -0.2) is 76.9 Å². The molecule has 1 aromatic rings. The molecule has 0 bridgehead atoms. The molecule has 0 aromatic heterocycles. The summed E-state index contributed by atoms with van der Waals surface area (Å²) < 4.78 is 39.7. The third-order valence-electron chi connectivity index (χ3n) is 2.05. The van der Waals surface area contributed by atoms with Gasteiger partial charge in [-0.15, -0.1) is 0 Å². The molecule has 7 nitrogen and oxygen atoms in total. The Hall–Kier alpha value is -0.670. The summed E-state index contributed by atoms with van der Waals surface area (Å²) in [6.45, 7) is 0. The van der Waals surface area contributed by atoms with E-state index >= 15 is 0 Å². The monoisotopic (exact) mass is 316 g/mol. The van der Waals surface area contributed by atoms with Crippen LogP contribution in [-0.2, 0) is 19.6 Å². The quantitative estimate of drug-likeness (QED) is 0.487. The van der Waals surface area contributed by atoms with E-state index in [4.69, 9.17) is 4.55 Å². The van der Waals surface area contributed by atoms with Gasteiger partial charge < -0.3 is 12.3 Å². The molecule has 9 heteroatoms. The van der Waals surface area contributed by atoms with Gasteiger partial charge in [-0.2, -0.15) is 8.42 Å². The molecule has 102 valence electrons. The molecule has 0 fully saturated rings. The van der Waals surface area contributed by atoms with Crippen LogP contribution in [0.2, 0.25) is 0 Å². The van der Waals surface area contributed by atoms with Crippen molar-refractivity contribution in [1.29, 1.82) is 0 Å². The van der Waals surface area contributed by atoms with Crippen molar-refractivity contribution >= 4 is 59.8 Å². The van der Waals surface area contributed by atoms with Gasteiger partial charge in [-0.3, -0.25) is 4.55 Å². The van der Waals surface area contributed by atoms with Crippen LogP contribution in [0.25, 0.3) is 0 Å². The fourth-order valence-corrected chi connectivity index (χ4v) is 1.77. The molecule has 1 rings (SSSR count).